The Labute approximate surface area is 513 Å². The zero-order valence-electron chi connectivity index (χ0n) is 55.8. The molecule has 0 saturated heterocycles. The average Bonchev–Trinajstić information content (AvgIpc) is 3.48. The second-order valence-corrected chi connectivity index (χ2v) is 26.0. The first-order valence-corrected chi connectivity index (χ1v) is 37.6. The van der Waals surface area contributed by atoms with Crippen molar-refractivity contribution in [2.24, 2.45) is 0 Å². The van der Waals surface area contributed by atoms with E-state index in [0.29, 0.717) is 19.4 Å². The summed E-state index contributed by atoms with van der Waals surface area (Å²) in [6, 6.07) is -0.622. The molecule has 3 N–H and O–H groups in total. The summed E-state index contributed by atoms with van der Waals surface area (Å²) in [6.07, 6.45) is 91.7. The molecule has 2 unspecified atom stereocenters. The summed E-state index contributed by atoms with van der Waals surface area (Å²) in [5.74, 6) is -0.0373. The number of nitrogens with one attached hydrogen (secondary N) is 1. The van der Waals surface area contributed by atoms with Crippen LogP contribution in [0.3, 0.4) is 0 Å². The van der Waals surface area contributed by atoms with E-state index in [1.165, 1.54) is 360 Å². The van der Waals surface area contributed by atoms with Crippen molar-refractivity contribution in [1.82, 2.24) is 5.32 Å². The smallest absolute Gasteiger partial charge is 0.305 e. The van der Waals surface area contributed by atoms with Gasteiger partial charge in [0.25, 0.3) is 0 Å². The number of aliphatic hydroxyl groups is 2. The molecule has 6 nitrogen and oxygen atoms in total. The Morgan fingerprint density at radius 1 is 0.329 bits per heavy atom. The summed E-state index contributed by atoms with van der Waals surface area (Å²) >= 11 is 0. The standard InChI is InChI=1S/C76H147NO5/c1-3-5-7-9-11-13-15-16-17-44-47-50-54-58-62-66-70-76(81)82-71-67-63-59-55-51-48-45-42-40-38-36-34-32-30-28-26-24-22-20-18-19-21-23-25-27-29-31-33-35-37-39-41-43-46-49-53-57-61-65-69-75(80)77-73(72-78)74(79)68-64-60-56-52-14-12-10-8-6-4-2/h18-19,64,68,73-74,78-79H,3-17,20-63,65-67,69-72H2,1-2H3,(H,77,80)/b19-18-,68-64+. The van der Waals surface area contributed by atoms with E-state index in [2.05, 4.69) is 31.3 Å². The van der Waals surface area contributed by atoms with E-state index in [9.17, 15) is 19.8 Å². The quantitative estimate of drug-likeness (QED) is 0.0320. The van der Waals surface area contributed by atoms with Crippen molar-refractivity contribution in [3.63, 3.8) is 0 Å². The van der Waals surface area contributed by atoms with Crippen LogP contribution in [0.5, 0.6) is 0 Å². The molecule has 0 fully saturated rings. The summed E-state index contributed by atoms with van der Waals surface area (Å²) in [4.78, 5) is 24.5. The Balaban J connectivity index is 3.29. The molecule has 0 spiro atoms. The molecule has 0 aliphatic heterocycles. The summed E-state index contributed by atoms with van der Waals surface area (Å²) in [7, 11) is 0. The highest BCUT2D eigenvalue weighted by atomic mass is 16.5. The topological polar surface area (TPSA) is 95.9 Å². The van der Waals surface area contributed by atoms with Crippen molar-refractivity contribution in [3.05, 3.63) is 24.3 Å². The van der Waals surface area contributed by atoms with Crippen LogP contribution >= 0.6 is 0 Å². The molecule has 82 heavy (non-hydrogen) atoms. The highest BCUT2D eigenvalue weighted by Crippen LogP contribution is 2.19. The third-order valence-corrected chi connectivity index (χ3v) is 17.7. The summed E-state index contributed by atoms with van der Waals surface area (Å²) in [5, 5.41) is 23.0. The number of carbonyl (C=O) groups excluding carboxylic acids is 2. The van der Waals surface area contributed by atoms with Crippen LogP contribution in [0.25, 0.3) is 0 Å². The minimum atomic E-state index is -0.839. The first kappa shape index (κ1) is 80.3. The summed E-state index contributed by atoms with van der Waals surface area (Å²) in [6.45, 7) is 4.93. The van der Waals surface area contributed by atoms with Crippen LogP contribution in [0.2, 0.25) is 0 Å². The van der Waals surface area contributed by atoms with Gasteiger partial charge in [0, 0.05) is 12.8 Å². The van der Waals surface area contributed by atoms with E-state index in [1.807, 2.05) is 6.08 Å². The van der Waals surface area contributed by atoms with Gasteiger partial charge in [-0.2, -0.15) is 0 Å². The fourth-order valence-electron chi connectivity index (χ4n) is 12.0. The van der Waals surface area contributed by atoms with E-state index in [-0.39, 0.29) is 18.5 Å². The number of carbonyl (C=O) groups is 2. The van der Waals surface area contributed by atoms with Gasteiger partial charge in [-0.3, -0.25) is 9.59 Å². The number of unbranched alkanes of at least 4 members (excludes halogenated alkanes) is 58. The first-order valence-electron chi connectivity index (χ1n) is 37.6. The van der Waals surface area contributed by atoms with Gasteiger partial charge in [-0.05, 0) is 57.8 Å². The average molecular weight is 1160 g/mol. The molecule has 6 heteroatoms. The molecule has 0 aliphatic rings. The molecule has 0 heterocycles. The maximum atomic E-state index is 12.4. The molecule has 0 aliphatic carbocycles. The molecule has 486 valence electrons. The zero-order valence-corrected chi connectivity index (χ0v) is 55.8. The molecule has 0 aromatic carbocycles. The van der Waals surface area contributed by atoms with Crippen molar-refractivity contribution in [1.29, 1.82) is 0 Å². The summed E-state index contributed by atoms with van der Waals surface area (Å²) < 4.78 is 5.51. The van der Waals surface area contributed by atoms with Crippen LogP contribution in [0.4, 0.5) is 0 Å². The lowest BCUT2D eigenvalue weighted by Gasteiger charge is -2.20. The van der Waals surface area contributed by atoms with E-state index < -0.39 is 12.1 Å². The fourth-order valence-corrected chi connectivity index (χ4v) is 12.0. The maximum Gasteiger partial charge on any atom is 0.305 e. The largest absolute Gasteiger partial charge is 0.466 e. The second-order valence-electron chi connectivity index (χ2n) is 26.0. The lowest BCUT2D eigenvalue weighted by molar-refractivity contribution is -0.143. The van der Waals surface area contributed by atoms with Crippen molar-refractivity contribution in [3.8, 4) is 0 Å². The van der Waals surface area contributed by atoms with Gasteiger partial charge >= 0.3 is 5.97 Å². The van der Waals surface area contributed by atoms with Gasteiger partial charge < -0.3 is 20.3 Å². The lowest BCUT2D eigenvalue weighted by Crippen LogP contribution is -2.45. The number of ether oxygens (including phenoxy) is 1. The number of aliphatic hydroxyl groups excluding tert-OH is 2. The monoisotopic (exact) mass is 1150 g/mol. The van der Waals surface area contributed by atoms with Gasteiger partial charge in [-0.1, -0.05) is 378 Å². The number of esters is 1. The van der Waals surface area contributed by atoms with E-state index in [0.717, 1.165) is 38.5 Å². The Morgan fingerprint density at radius 3 is 0.866 bits per heavy atom. The Bertz CT molecular complexity index is 1280. The van der Waals surface area contributed by atoms with Crippen molar-refractivity contribution < 1.29 is 24.5 Å². The van der Waals surface area contributed by atoms with Gasteiger partial charge in [-0.15, -0.1) is 0 Å². The van der Waals surface area contributed by atoms with Crippen molar-refractivity contribution in [2.75, 3.05) is 13.2 Å². The van der Waals surface area contributed by atoms with Gasteiger partial charge in [0.2, 0.25) is 5.91 Å². The predicted molar refractivity (Wildman–Crippen MR) is 361 cm³/mol. The van der Waals surface area contributed by atoms with Crippen molar-refractivity contribution >= 4 is 11.9 Å². The van der Waals surface area contributed by atoms with Crippen LogP contribution in [0, 0.1) is 0 Å². The number of hydrogen-bond donors (Lipinski definition) is 3. The number of hydrogen-bond acceptors (Lipinski definition) is 5. The van der Waals surface area contributed by atoms with Crippen LogP contribution in [-0.4, -0.2) is 47.4 Å². The molecule has 0 aromatic rings. The normalized spacial score (nSPS) is 12.6. The summed E-state index contributed by atoms with van der Waals surface area (Å²) in [5.41, 5.74) is 0. The first-order chi connectivity index (χ1) is 40.5. The number of allylic oxidation sites excluding steroid dienone is 3. The molecule has 0 aromatic heterocycles. The van der Waals surface area contributed by atoms with E-state index in [1.54, 1.807) is 6.08 Å². The van der Waals surface area contributed by atoms with E-state index >= 15 is 0 Å². The lowest BCUT2D eigenvalue weighted by atomic mass is 10.0. The Morgan fingerprint density at radius 2 is 0.573 bits per heavy atom. The highest BCUT2D eigenvalue weighted by Gasteiger charge is 2.18. The molecular weight excluding hydrogens is 1010 g/mol. The molecule has 0 radical (unpaired) electrons. The fraction of sp³-hybridized carbons (Fsp3) is 0.921. The molecule has 0 rings (SSSR count). The molecule has 2 atom stereocenters. The third-order valence-electron chi connectivity index (χ3n) is 17.7. The van der Waals surface area contributed by atoms with Gasteiger partial charge in [0.15, 0.2) is 0 Å². The third kappa shape index (κ3) is 67.5. The molecule has 1 amide bonds. The predicted octanol–water partition coefficient (Wildman–Crippen LogP) is 24.5. The van der Waals surface area contributed by atoms with Gasteiger partial charge in [-0.25, -0.2) is 0 Å². The molecular formula is C76H147NO5. The Kier molecular flexibility index (Phi) is 70.4. The second kappa shape index (κ2) is 71.8. The number of rotatable bonds is 71. The SMILES string of the molecule is CCCCCCCCCC/C=C/C(O)C(CO)NC(=O)CCCCCCCCCCCCCCCCCCC/C=C\CCCCCCCCCCCCCCCCCCCCOC(=O)CCCCCCCCCCCCCCCCCC. The Hall–Kier alpha value is -1.66. The molecule has 0 bridgehead atoms. The van der Waals surface area contributed by atoms with Gasteiger partial charge in [0.1, 0.15) is 0 Å². The van der Waals surface area contributed by atoms with Crippen LogP contribution in [-0.2, 0) is 14.3 Å². The van der Waals surface area contributed by atoms with E-state index in [4.69, 9.17) is 4.74 Å². The number of amides is 1. The highest BCUT2D eigenvalue weighted by molar-refractivity contribution is 5.76. The molecule has 0 saturated carbocycles. The minimum Gasteiger partial charge on any atom is -0.466 e. The van der Waals surface area contributed by atoms with Crippen molar-refractivity contribution in [2.45, 2.75) is 437 Å². The zero-order chi connectivity index (χ0) is 59.2. The van der Waals surface area contributed by atoms with Crippen LogP contribution < -0.4 is 5.32 Å². The maximum absolute atomic E-state index is 12.4. The van der Waals surface area contributed by atoms with Crippen LogP contribution in [0.15, 0.2) is 24.3 Å². The van der Waals surface area contributed by atoms with Crippen LogP contribution in [0.1, 0.15) is 425 Å². The van der Waals surface area contributed by atoms with Gasteiger partial charge in [0.05, 0.1) is 25.4 Å². The minimum absolute atomic E-state index is 0.0265.